The standard InChI is InChI=1S/C43H43N5O7/c49-37-17-15-34(35-16-19-40(51)47-41(35)37)38(50)27-44-26-32-14-18-39(54-32)42(52)45-30-12-10-28(11-13-30)20-23-48-24-21-31(22-25-48)55-43(53)46-36-9-5-4-8-33(36)29-6-2-1-3-7-29/h1-19,31,38,44,49-50H,20-27H2,(H,45,52)(H,46,53)(H,47,51)/t38-/m0/s1. The summed E-state index contributed by atoms with van der Waals surface area (Å²) in [5.41, 5.74) is 4.97. The van der Waals surface area contributed by atoms with Crippen LogP contribution in [0.5, 0.6) is 5.75 Å². The molecule has 2 amide bonds. The Morgan fingerprint density at radius 1 is 0.873 bits per heavy atom. The van der Waals surface area contributed by atoms with E-state index in [2.05, 4.69) is 25.8 Å². The number of phenols is 1. The van der Waals surface area contributed by atoms with Crippen molar-refractivity contribution in [2.45, 2.75) is 38.0 Å². The van der Waals surface area contributed by atoms with E-state index in [9.17, 15) is 24.6 Å². The number of H-pyrrole nitrogens is 1. The molecule has 55 heavy (non-hydrogen) atoms. The van der Waals surface area contributed by atoms with Crippen molar-refractivity contribution in [1.29, 1.82) is 0 Å². The highest BCUT2D eigenvalue weighted by atomic mass is 16.6. The number of pyridine rings is 1. The summed E-state index contributed by atoms with van der Waals surface area (Å²) in [4.78, 5) is 42.3. The zero-order valence-electron chi connectivity index (χ0n) is 30.2. The average molecular weight is 742 g/mol. The first-order valence-electron chi connectivity index (χ1n) is 18.4. The largest absolute Gasteiger partial charge is 0.506 e. The molecule has 6 N–H and O–H groups in total. The van der Waals surface area contributed by atoms with E-state index in [4.69, 9.17) is 9.15 Å². The van der Waals surface area contributed by atoms with Crippen LogP contribution in [0.15, 0.2) is 124 Å². The number of aromatic hydroxyl groups is 1. The third kappa shape index (κ3) is 9.48. The number of furan rings is 1. The molecule has 4 aromatic carbocycles. The highest BCUT2D eigenvalue weighted by Gasteiger charge is 2.23. The molecule has 1 aliphatic rings. The minimum Gasteiger partial charge on any atom is -0.506 e. The first-order valence-corrected chi connectivity index (χ1v) is 18.4. The third-order valence-electron chi connectivity index (χ3n) is 9.77. The molecule has 0 saturated carbocycles. The molecular weight excluding hydrogens is 699 g/mol. The van der Waals surface area contributed by atoms with Gasteiger partial charge in [0.05, 0.1) is 23.9 Å². The molecule has 1 saturated heterocycles. The number of ether oxygens (including phenoxy) is 1. The lowest BCUT2D eigenvalue weighted by Crippen LogP contribution is -2.39. The van der Waals surface area contributed by atoms with Crippen LogP contribution in [0.2, 0.25) is 0 Å². The second-order valence-corrected chi connectivity index (χ2v) is 13.6. The summed E-state index contributed by atoms with van der Waals surface area (Å²) < 4.78 is 11.5. The number of aromatic nitrogens is 1. The molecule has 0 bridgehead atoms. The van der Waals surface area contributed by atoms with Crippen LogP contribution in [0.25, 0.3) is 22.0 Å². The van der Waals surface area contributed by atoms with Crippen molar-refractivity contribution < 1.29 is 29.0 Å². The number of benzene rings is 4. The van der Waals surface area contributed by atoms with Gasteiger partial charge in [-0.05, 0) is 78.4 Å². The number of hydrogen-bond acceptors (Lipinski definition) is 9. The lowest BCUT2D eigenvalue weighted by molar-refractivity contribution is 0.0593. The highest BCUT2D eigenvalue weighted by molar-refractivity contribution is 6.02. The number of nitrogens with one attached hydrogen (secondary N) is 4. The number of aliphatic hydroxyl groups excluding tert-OH is 1. The summed E-state index contributed by atoms with van der Waals surface area (Å²) in [6.45, 7) is 3.00. The SMILES string of the molecule is O=C(Nc1ccccc1-c1ccccc1)OC1CCN(CCc2ccc(NC(=O)c3ccc(CNC[C@H](O)c4ccc(O)c5[nH]c(=O)ccc45)o3)cc2)CC1. The first-order chi connectivity index (χ1) is 26.8. The van der Waals surface area contributed by atoms with Gasteiger partial charge in [0.25, 0.3) is 5.91 Å². The fraction of sp³-hybridized carbons (Fsp3) is 0.233. The Hall–Kier alpha value is -6.21. The van der Waals surface area contributed by atoms with E-state index in [1.54, 1.807) is 24.3 Å². The minimum atomic E-state index is -0.920. The number of carbonyl (C=O) groups excluding carboxylic acids is 2. The van der Waals surface area contributed by atoms with E-state index < -0.39 is 12.2 Å². The normalized spacial score (nSPS) is 14.1. The maximum Gasteiger partial charge on any atom is 0.411 e. The Bertz CT molecular complexity index is 2300. The topological polar surface area (TPSA) is 169 Å². The zero-order chi connectivity index (χ0) is 38.1. The van der Waals surface area contributed by atoms with Crippen LogP contribution in [0.4, 0.5) is 16.2 Å². The van der Waals surface area contributed by atoms with Crippen molar-refractivity contribution >= 4 is 34.3 Å². The van der Waals surface area contributed by atoms with E-state index in [0.717, 1.165) is 61.3 Å². The predicted molar refractivity (Wildman–Crippen MR) is 211 cm³/mol. The number of aromatic amines is 1. The van der Waals surface area contributed by atoms with Gasteiger partial charge in [-0.3, -0.25) is 14.9 Å². The maximum absolute atomic E-state index is 12.9. The average Bonchev–Trinajstić information content (AvgIpc) is 3.68. The monoisotopic (exact) mass is 741 g/mol. The van der Waals surface area contributed by atoms with E-state index >= 15 is 0 Å². The summed E-state index contributed by atoms with van der Waals surface area (Å²) in [6, 6.07) is 34.7. The van der Waals surface area contributed by atoms with Crippen molar-refractivity contribution in [2.75, 3.05) is 36.8 Å². The molecule has 1 fully saturated rings. The molecule has 0 radical (unpaired) electrons. The quantitative estimate of drug-likeness (QED) is 0.0744. The molecule has 12 nitrogen and oxygen atoms in total. The van der Waals surface area contributed by atoms with Gasteiger partial charge >= 0.3 is 6.09 Å². The smallest absolute Gasteiger partial charge is 0.411 e. The van der Waals surface area contributed by atoms with Crippen LogP contribution in [0, 0.1) is 0 Å². The Labute approximate surface area is 317 Å². The maximum atomic E-state index is 12.9. The number of carbonyl (C=O) groups is 2. The molecular formula is C43H43N5O7. The molecule has 0 spiro atoms. The molecule has 12 heteroatoms. The number of phenolic OH excluding ortho intramolecular Hbond substituents is 1. The van der Waals surface area contributed by atoms with Gasteiger partial charge in [0, 0.05) is 48.9 Å². The van der Waals surface area contributed by atoms with E-state index in [-0.39, 0.29) is 47.7 Å². The number of amides is 2. The van der Waals surface area contributed by atoms with Gasteiger partial charge in [-0.2, -0.15) is 0 Å². The van der Waals surface area contributed by atoms with Gasteiger partial charge in [0.15, 0.2) is 5.76 Å². The van der Waals surface area contributed by atoms with Gasteiger partial charge in [0.2, 0.25) is 5.56 Å². The second-order valence-electron chi connectivity index (χ2n) is 13.6. The van der Waals surface area contributed by atoms with Crippen molar-refractivity contribution in [3.63, 3.8) is 0 Å². The summed E-state index contributed by atoms with van der Waals surface area (Å²) in [7, 11) is 0. The Morgan fingerprint density at radius 2 is 1.64 bits per heavy atom. The Kier molecular flexibility index (Phi) is 11.7. The molecule has 0 aliphatic carbocycles. The highest BCUT2D eigenvalue weighted by Crippen LogP contribution is 2.30. The fourth-order valence-electron chi connectivity index (χ4n) is 6.82. The van der Waals surface area contributed by atoms with Gasteiger partial charge in [0.1, 0.15) is 17.6 Å². The second kappa shape index (κ2) is 17.3. The Balaban J connectivity index is 0.813. The van der Waals surface area contributed by atoms with Crippen molar-refractivity contribution in [3.8, 4) is 16.9 Å². The predicted octanol–water partition coefficient (Wildman–Crippen LogP) is 6.82. The summed E-state index contributed by atoms with van der Waals surface area (Å²) in [5, 5.41) is 30.4. The van der Waals surface area contributed by atoms with E-state index in [0.29, 0.717) is 22.4 Å². The number of piperidine rings is 1. The van der Waals surface area contributed by atoms with Gasteiger partial charge < -0.3 is 39.9 Å². The number of para-hydroxylation sites is 1. The lowest BCUT2D eigenvalue weighted by atomic mass is 10.0. The van der Waals surface area contributed by atoms with Crippen LogP contribution in [0.3, 0.4) is 0 Å². The van der Waals surface area contributed by atoms with E-state index in [1.165, 1.54) is 12.1 Å². The molecule has 0 unspecified atom stereocenters. The van der Waals surface area contributed by atoms with E-state index in [1.807, 2.05) is 78.9 Å². The van der Waals surface area contributed by atoms with Crippen LogP contribution in [-0.4, -0.2) is 64.4 Å². The van der Waals surface area contributed by atoms with Crippen LogP contribution in [-0.2, 0) is 17.7 Å². The molecule has 7 rings (SSSR count). The third-order valence-corrected chi connectivity index (χ3v) is 9.77. The van der Waals surface area contributed by atoms with Gasteiger partial charge in [-0.15, -0.1) is 0 Å². The number of fused-ring (bicyclic) bond motifs is 1. The molecule has 2 aromatic heterocycles. The first kappa shape index (κ1) is 37.1. The number of nitrogens with zero attached hydrogens (tertiary/aromatic N) is 1. The molecule has 6 aromatic rings. The van der Waals surface area contributed by atoms with Crippen LogP contribution in [0.1, 0.15) is 46.4 Å². The Morgan fingerprint density at radius 3 is 2.44 bits per heavy atom. The molecule has 282 valence electrons. The number of hydrogen-bond donors (Lipinski definition) is 6. The minimum absolute atomic E-state index is 0.0739. The van der Waals surface area contributed by atoms with Gasteiger partial charge in [-0.25, -0.2) is 4.79 Å². The summed E-state index contributed by atoms with van der Waals surface area (Å²) in [5.74, 6) is 0.242. The number of likely N-dealkylation sites (tertiary alicyclic amines) is 1. The number of anilines is 2. The molecule has 1 aliphatic heterocycles. The summed E-state index contributed by atoms with van der Waals surface area (Å²) >= 11 is 0. The molecule has 1 atom stereocenters. The van der Waals surface area contributed by atoms with Crippen molar-refractivity contribution in [1.82, 2.24) is 15.2 Å². The molecule has 3 heterocycles. The fourth-order valence-corrected chi connectivity index (χ4v) is 6.82. The van der Waals surface area contributed by atoms with Crippen LogP contribution >= 0.6 is 0 Å². The van der Waals surface area contributed by atoms with Gasteiger partial charge in [-0.1, -0.05) is 66.7 Å². The zero-order valence-corrected chi connectivity index (χ0v) is 30.2. The summed E-state index contributed by atoms with van der Waals surface area (Å²) in [6.07, 6.45) is 0.899. The van der Waals surface area contributed by atoms with Crippen LogP contribution < -0.4 is 21.5 Å². The van der Waals surface area contributed by atoms with Crippen molar-refractivity contribution in [2.24, 2.45) is 0 Å². The van der Waals surface area contributed by atoms with Crippen molar-refractivity contribution in [3.05, 3.63) is 148 Å². The number of aliphatic hydroxyl groups is 1. The number of rotatable bonds is 13. The lowest BCUT2D eigenvalue weighted by Gasteiger charge is -2.31.